The van der Waals surface area contributed by atoms with E-state index < -0.39 is 6.10 Å². The minimum atomic E-state index is -0.513. The fraction of sp³-hybridized carbons (Fsp3) is 0.636. The molecule has 2 atom stereocenters. The van der Waals surface area contributed by atoms with Crippen LogP contribution in [-0.2, 0) is 4.74 Å². The summed E-state index contributed by atoms with van der Waals surface area (Å²) in [7, 11) is 0. The maximum Gasteiger partial charge on any atom is 0.169 e. The Morgan fingerprint density at radius 2 is 2.40 bits per heavy atom. The largest absolute Gasteiger partial charge is 0.452 e. The second-order valence-corrected chi connectivity index (χ2v) is 4.65. The summed E-state index contributed by atoms with van der Waals surface area (Å²) in [6.45, 7) is 0.868. The number of halogens is 1. The second kappa shape index (κ2) is 5.14. The summed E-state index contributed by atoms with van der Waals surface area (Å²) in [6.07, 6.45) is 3.68. The van der Waals surface area contributed by atoms with E-state index in [1.165, 1.54) is 0 Å². The van der Waals surface area contributed by atoms with E-state index in [0.29, 0.717) is 23.0 Å². The van der Waals surface area contributed by atoms with Crippen molar-refractivity contribution >= 4 is 15.9 Å². The maximum atomic E-state index is 9.82. The number of hydrogen-bond acceptors (Lipinski definition) is 3. The summed E-state index contributed by atoms with van der Waals surface area (Å²) in [5.41, 5.74) is 0. The Balaban J connectivity index is 1.79. The van der Waals surface area contributed by atoms with Crippen molar-refractivity contribution in [2.45, 2.75) is 37.9 Å². The lowest BCUT2D eigenvalue weighted by Crippen LogP contribution is -2.07. The predicted octanol–water partition coefficient (Wildman–Crippen LogP) is 3.03. The van der Waals surface area contributed by atoms with Gasteiger partial charge in [-0.2, -0.15) is 0 Å². The molecule has 0 amide bonds. The third-order valence-electron chi connectivity index (χ3n) is 2.71. The normalized spacial score (nSPS) is 23.2. The molecule has 3 nitrogen and oxygen atoms in total. The van der Waals surface area contributed by atoms with Gasteiger partial charge in [-0.05, 0) is 53.7 Å². The minimum Gasteiger partial charge on any atom is -0.452 e. The lowest BCUT2D eigenvalue weighted by molar-refractivity contribution is 0.0746. The van der Waals surface area contributed by atoms with Crippen LogP contribution in [0.15, 0.2) is 21.2 Å². The van der Waals surface area contributed by atoms with Crippen LogP contribution in [-0.4, -0.2) is 17.8 Å². The summed E-state index contributed by atoms with van der Waals surface area (Å²) in [5, 5.41) is 9.82. The van der Waals surface area contributed by atoms with Gasteiger partial charge in [-0.3, -0.25) is 0 Å². The highest BCUT2D eigenvalue weighted by molar-refractivity contribution is 9.10. The number of aliphatic hydroxyl groups is 1. The quantitative estimate of drug-likeness (QED) is 0.918. The van der Waals surface area contributed by atoms with E-state index in [1.54, 1.807) is 12.1 Å². The number of furan rings is 1. The third kappa shape index (κ3) is 3.06. The summed E-state index contributed by atoms with van der Waals surface area (Å²) in [4.78, 5) is 0. The Morgan fingerprint density at radius 1 is 1.53 bits per heavy atom. The van der Waals surface area contributed by atoms with Crippen LogP contribution in [0, 0.1) is 0 Å². The van der Waals surface area contributed by atoms with Gasteiger partial charge in [-0.25, -0.2) is 0 Å². The average molecular weight is 275 g/mol. The van der Waals surface area contributed by atoms with Gasteiger partial charge in [-0.15, -0.1) is 0 Å². The first-order valence-corrected chi connectivity index (χ1v) is 6.10. The van der Waals surface area contributed by atoms with Crippen LogP contribution in [0.3, 0.4) is 0 Å². The predicted molar refractivity (Wildman–Crippen MR) is 59.6 cm³/mol. The molecule has 1 saturated heterocycles. The van der Waals surface area contributed by atoms with Crippen LogP contribution in [0.2, 0.25) is 0 Å². The van der Waals surface area contributed by atoms with Crippen LogP contribution >= 0.6 is 15.9 Å². The number of ether oxygens (including phenoxy) is 1. The smallest absolute Gasteiger partial charge is 0.169 e. The van der Waals surface area contributed by atoms with E-state index in [1.807, 2.05) is 0 Å². The molecule has 1 fully saturated rings. The molecule has 1 aliphatic heterocycles. The van der Waals surface area contributed by atoms with Crippen LogP contribution in [0.25, 0.3) is 0 Å². The van der Waals surface area contributed by atoms with Gasteiger partial charge in [0.15, 0.2) is 4.67 Å². The summed E-state index contributed by atoms with van der Waals surface area (Å²) in [5.74, 6) is 0.625. The van der Waals surface area contributed by atoms with Crippen molar-refractivity contribution in [3.63, 3.8) is 0 Å². The van der Waals surface area contributed by atoms with Gasteiger partial charge < -0.3 is 14.3 Å². The van der Waals surface area contributed by atoms with E-state index in [9.17, 15) is 5.11 Å². The van der Waals surface area contributed by atoms with E-state index in [4.69, 9.17) is 9.15 Å². The molecular formula is C11H15BrO3. The summed E-state index contributed by atoms with van der Waals surface area (Å²) in [6, 6.07) is 3.59. The molecule has 0 radical (unpaired) electrons. The maximum absolute atomic E-state index is 9.82. The lowest BCUT2D eigenvalue weighted by Gasteiger charge is -2.11. The van der Waals surface area contributed by atoms with Crippen molar-refractivity contribution in [2.24, 2.45) is 0 Å². The van der Waals surface area contributed by atoms with Crippen LogP contribution in [0.4, 0.5) is 0 Å². The molecule has 4 heteroatoms. The lowest BCUT2D eigenvalue weighted by atomic mass is 10.1. The number of rotatable bonds is 4. The molecule has 84 valence electrons. The zero-order valence-electron chi connectivity index (χ0n) is 8.49. The Hall–Kier alpha value is -0.320. The van der Waals surface area contributed by atoms with Crippen molar-refractivity contribution in [1.29, 1.82) is 0 Å². The molecule has 0 bridgehead atoms. The molecule has 0 aliphatic carbocycles. The van der Waals surface area contributed by atoms with Gasteiger partial charge in [0.05, 0.1) is 6.10 Å². The Morgan fingerprint density at radius 3 is 3.00 bits per heavy atom. The Kier molecular flexibility index (Phi) is 3.83. The first-order chi connectivity index (χ1) is 7.25. The van der Waals surface area contributed by atoms with E-state index >= 15 is 0 Å². The van der Waals surface area contributed by atoms with Gasteiger partial charge in [-0.1, -0.05) is 0 Å². The zero-order valence-corrected chi connectivity index (χ0v) is 10.1. The van der Waals surface area contributed by atoms with Crippen molar-refractivity contribution in [3.05, 3.63) is 22.6 Å². The van der Waals surface area contributed by atoms with Crippen molar-refractivity contribution in [1.82, 2.24) is 0 Å². The summed E-state index contributed by atoms with van der Waals surface area (Å²) >= 11 is 3.22. The molecule has 0 aromatic carbocycles. The molecular weight excluding hydrogens is 260 g/mol. The van der Waals surface area contributed by atoms with Crippen LogP contribution in [0.5, 0.6) is 0 Å². The topological polar surface area (TPSA) is 42.6 Å². The number of aliphatic hydroxyl groups excluding tert-OH is 1. The van der Waals surface area contributed by atoms with E-state index in [0.717, 1.165) is 25.9 Å². The van der Waals surface area contributed by atoms with Gasteiger partial charge in [0, 0.05) is 6.61 Å². The molecule has 1 aromatic rings. The fourth-order valence-corrected chi connectivity index (χ4v) is 2.18. The summed E-state index contributed by atoms with van der Waals surface area (Å²) < 4.78 is 11.4. The molecule has 15 heavy (non-hydrogen) atoms. The minimum absolute atomic E-state index is 0.332. The average Bonchev–Trinajstić information content (AvgIpc) is 2.84. The van der Waals surface area contributed by atoms with E-state index in [-0.39, 0.29) is 0 Å². The molecule has 1 N–H and O–H groups in total. The highest BCUT2D eigenvalue weighted by atomic mass is 79.9. The van der Waals surface area contributed by atoms with Crippen molar-refractivity contribution < 1.29 is 14.3 Å². The number of hydrogen-bond donors (Lipinski definition) is 1. The van der Waals surface area contributed by atoms with Gasteiger partial charge in [0.2, 0.25) is 0 Å². The molecule has 1 aliphatic rings. The molecule has 2 rings (SSSR count). The van der Waals surface area contributed by atoms with Crippen LogP contribution < -0.4 is 0 Å². The first kappa shape index (κ1) is 11.2. The standard InChI is InChI=1S/C11H15BrO3/c12-11-6-5-10(15-11)9(13)4-3-8-2-1-7-14-8/h5-6,8-9,13H,1-4,7H2. The SMILES string of the molecule is OC(CCC1CCCO1)c1ccc(Br)o1. The Bertz CT molecular complexity index is 305. The van der Waals surface area contributed by atoms with Gasteiger partial charge in [0.1, 0.15) is 11.9 Å². The third-order valence-corrected chi connectivity index (χ3v) is 3.13. The van der Waals surface area contributed by atoms with E-state index in [2.05, 4.69) is 15.9 Å². The van der Waals surface area contributed by atoms with Crippen molar-refractivity contribution in [2.75, 3.05) is 6.61 Å². The molecule has 1 aromatic heterocycles. The van der Waals surface area contributed by atoms with Crippen molar-refractivity contribution in [3.8, 4) is 0 Å². The monoisotopic (exact) mass is 274 g/mol. The highest BCUT2D eigenvalue weighted by Gasteiger charge is 2.19. The zero-order chi connectivity index (χ0) is 10.7. The highest BCUT2D eigenvalue weighted by Crippen LogP contribution is 2.26. The Labute approximate surface area is 97.5 Å². The van der Waals surface area contributed by atoms with Gasteiger partial charge >= 0.3 is 0 Å². The molecule has 2 unspecified atom stereocenters. The second-order valence-electron chi connectivity index (χ2n) is 3.87. The fourth-order valence-electron chi connectivity index (χ4n) is 1.87. The molecule has 0 saturated carbocycles. The van der Waals surface area contributed by atoms with Gasteiger partial charge in [0.25, 0.3) is 0 Å². The molecule has 0 spiro atoms. The van der Waals surface area contributed by atoms with Crippen LogP contribution in [0.1, 0.15) is 37.5 Å². The first-order valence-electron chi connectivity index (χ1n) is 5.30. The molecule has 2 heterocycles.